The van der Waals surface area contributed by atoms with Crippen molar-refractivity contribution in [2.75, 3.05) is 10.6 Å². The summed E-state index contributed by atoms with van der Waals surface area (Å²) in [5.41, 5.74) is 1.98. The van der Waals surface area contributed by atoms with Crippen LogP contribution < -0.4 is 10.6 Å². The molecule has 0 aliphatic heterocycles. The van der Waals surface area contributed by atoms with Gasteiger partial charge in [-0.3, -0.25) is 4.79 Å². The molecule has 2 aromatic carbocycles. The Kier molecular flexibility index (Phi) is 4.97. The maximum Gasteiger partial charge on any atom is 0.322 e. The van der Waals surface area contributed by atoms with Crippen LogP contribution in [0.3, 0.4) is 0 Å². The molecular weight excluding hydrogens is 321 g/mol. The molecule has 3 amide bonds. The van der Waals surface area contributed by atoms with E-state index < -0.39 is 0 Å². The first-order chi connectivity index (χ1) is 12.0. The lowest BCUT2D eigenvalue weighted by Crippen LogP contribution is -2.36. The zero-order valence-electron chi connectivity index (χ0n) is 14.0. The van der Waals surface area contributed by atoms with Crippen molar-refractivity contribution in [3.8, 4) is 0 Å². The number of urea groups is 1. The summed E-state index contributed by atoms with van der Waals surface area (Å²) in [7, 11) is 0. The molecule has 2 aromatic rings. The van der Waals surface area contributed by atoms with Crippen LogP contribution in [0.5, 0.6) is 0 Å². The molecule has 0 aromatic heterocycles. The second-order valence-corrected chi connectivity index (χ2v) is 6.18. The standard InChI is InChI=1S/C19H20FN3O2/c1-13(24)21-16-6-3-7-17(11-16)22-19(25)23(18-8-9-18)12-14-4-2-5-15(20)10-14/h2-7,10-11,18H,8-9,12H2,1H3,(H,21,24)(H,22,25). The average molecular weight is 341 g/mol. The molecule has 0 saturated heterocycles. The number of benzene rings is 2. The van der Waals surface area contributed by atoms with Gasteiger partial charge in [0.15, 0.2) is 0 Å². The molecule has 0 radical (unpaired) electrons. The second kappa shape index (κ2) is 7.34. The van der Waals surface area contributed by atoms with E-state index in [2.05, 4.69) is 10.6 Å². The Morgan fingerprint density at radius 2 is 1.76 bits per heavy atom. The molecule has 0 spiro atoms. The Hall–Kier alpha value is -2.89. The van der Waals surface area contributed by atoms with Crippen molar-refractivity contribution in [2.45, 2.75) is 32.4 Å². The van der Waals surface area contributed by atoms with E-state index in [1.54, 1.807) is 35.2 Å². The molecule has 2 N–H and O–H groups in total. The minimum absolute atomic E-state index is 0.172. The van der Waals surface area contributed by atoms with Crippen LogP contribution in [0.4, 0.5) is 20.6 Å². The molecule has 6 heteroatoms. The summed E-state index contributed by atoms with van der Waals surface area (Å²) in [6.07, 6.45) is 1.91. The number of nitrogens with zero attached hydrogens (tertiary/aromatic N) is 1. The van der Waals surface area contributed by atoms with Gasteiger partial charge in [0.05, 0.1) is 0 Å². The monoisotopic (exact) mass is 341 g/mol. The van der Waals surface area contributed by atoms with E-state index in [0.717, 1.165) is 18.4 Å². The third-order valence-electron chi connectivity index (χ3n) is 3.92. The van der Waals surface area contributed by atoms with E-state index in [1.807, 2.05) is 6.07 Å². The number of nitrogens with one attached hydrogen (secondary N) is 2. The van der Waals surface area contributed by atoms with Crippen LogP contribution in [0.25, 0.3) is 0 Å². The van der Waals surface area contributed by atoms with E-state index in [4.69, 9.17) is 0 Å². The summed E-state index contributed by atoms with van der Waals surface area (Å²) in [5, 5.41) is 5.54. The van der Waals surface area contributed by atoms with Crippen molar-refractivity contribution in [1.82, 2.24) is 4.90 Å². The topological polar surface area (TPSA) is 61.4 Å². The van der Waals surface area contributed by atoms with E-state index in [9.17, 15) is 14.0 Å². The van der Waals surface area contributed by atoms with Gasteiger partial charge in [-0.25, -0.2) is 9.18 Å². The number of carbonyl (C=O) groups excluding carboxylic acids is 2. The van der Waals surface area contributed by atoms with Crippen LogP contribution in [-0.2, 0) is 11.3 Å². The summed E-state index contributed by atoms with van der Waals surface area (Å²) < 4.78 is 13.4. The molecular formula is C19H20FN3O2. The smallest absolute Gasteiger partial charge is 0.322 e. The molecule has 0 atom stereocenters. The van der Waals surface area contributed by atoms with E-state index in [-0.39, 0.29) is 23.8 Å². The van der Waals surface area contributed by atoms with Crippen molar-refractivity contribution in [3.63, 3.8) is 0 Å². The number of rotatable bonds is 5. The van der Waals surface area contributed by atoms with Crippen molar-refractivity contribution in [1.29, 1.82) is 0 Å². The molecule has 1 saturated carbocycles. The highest BCUT2D eigenvalue weighted by molar-refractivity contribution is 5.92. The van der Waals surface area contributed by atoms with Gasteiger partial charge in [0.25, 0.3) is 0 Å². The minimum Gasteiger partial charge on any atom is -0.326 e. The normalized spacial score (nSPS) is 13.2. The fourth-order valence-electron chi connectivity index (χ4n) is 2.66. The Bertz CT molecular complexity index is 790. The first-order valence-corrected chi connectivity index (χ1v) is 8.21. The molecule has 3 rings (SSSR count). The summed E-state index contributed by atoms with van der Waals surface area (Å²) in [5.74, 6) is -0.481. The number of anilines is 2. The van der Waals surface area contributed by atoms with Crippen LogP contribution in [0.1, 0.15) is 25.3 Å². The Labute approximate surface area is 145 Å². The zero-order chi connectivity index (χ0) is 17.8. The van der Waals surface area contributed by atoms with Crippen LogP contribution in [0.2, 0.25) is 0 Å². The maximum atomic E-state index is 13.4. The molecule has 0 heterocycles. The van der Waals surface area contributed by atoms with E-state index in [1.165, 1.54) is 19.1 Å². The Morgan fingerprint density at radius 1 is 1.08 bits per heavy atom. The van der Waals surface area contributed by atoms with Gasteiger partial charge >= 0.3 is 6.03 Å². The summed E-state index contributed by atoms with van der Waals surface area (Å²) >= 11 is 0. The predicted octanol–water partition coefficient (Wildman–Crippen LogP) is 3.98. The highest BCUT2D eigenvalue weighted by Crippen LogP contribution is 2.29. The first kappa shape index (κ1) is 17.0. The fraction of sp³-hybridized carbons (Fsp3) is 0.263. The van der Waals surface area contributed by atoms with Crippen molar-refractivity contribution in [2.24, 2.45) is 0 Å². The largest absolute Gasteiger partial charge is 0.326 e. The minimum atomic E-state index is -0.309. The van der Waals surface area contributed by atoms with Gasteiger partial charge in [-0.2, -0.15) is 0 Å². The average Bonchev–Trinajstić information content (AvgIpc) is 3.37. The molecule has 1 aliphatic rings. The lowest BCUT2D eigenvalue weighted by Gasteiger charge is -2.23. The van der Waals surface area contributed by atoms with Crippen LogP contribution in [0, 0.1) is 5.82 Å². The van der Waals surface area contributed by atoms with Gasteiger partial charge in [-0.05, 0) is 48.7 Å². The Balaban J connectivity index is 1.70. The highest BCUT2D eigenvalue weighted by atomic mass is 19.1. The van der Waals surface area contributed by atoms with Gasteiger partial charge in [-0.1, -0.05) is 18.2 Å². The zero-order valence-corrected chi connectivity index (χ0v) is 14.0. The molecule has 5 nitrogen and oxygen atoms in total. The number of amides is 3. The fourth-order valence-corrected chi connectivity index (χ4v) is 2.66. The van der Waals surface area contributed by atoms with Crippen molar-refractivity contribution in [3.05, 3.63) is 59.9 Å². The Morgan fingerprint density at radius 3 is 2.40 bits per heavy atom. The van der Waals surface area contributed by atoms with Gasteiger partial charge in [0.2, 0.25) is 5.91 Å². The third-order valence-corrected chi connectivity index (χ3v) is 3.92. The van der Waals surface area contributed by atoms with Crippen molar-refractivity contribution < 1.29 is 14.0 Å². The van der Waals surface area contributed by atoms with Gasteiger partial charge in [0.1, 0.15) is 5.82 Å². The predicted molar refractivity (Wildman–Crippen MR) is 94.7 cm³/mol. The van der Waals surface area contributed by atoms with E-state index in [0.29, 0.717) is 17.9 Å². The SMILES string of the molecule is CC(=O)Nc1cccc(NC(=O)N(Cc2cccc(F)c2)C2CC2)c1. The van der Waals surface area contributed by atoms with Crippen LogP contribution in [-0.4, -0.2) is 22.9 Å². The maximum absolute atomic E-state index is 13.4. The van der Waals surface area contributed by atoms with Gasteiger partial charge in [0, 0.05) is 30.9 Å². The lowest BCUT2D eigenvalue weighted by molar-refractivity contribution is -0.114. The van der Waals surface area contributed by atoms with E-state index >= 15 is 0 Å². The van der Waals surface area contributed by atoms with Gasteiger partial charge in [-0.15, -0.1) is 0 Å². The number of hydrogen-bond acceptors (Lipinski definition) is 2. The lowest BCUT2D eigenvalue weighted by atomic mass is 10.2. The van der Waals surface area contributed by atoms with Gasteiger partial charge < -0.3 is 15.5 Å². The molecule has 0 bridgehead atoms. The number of halogens is 1. The summed E-state index contributed by atoms with van der Waals surface area (Å²) in [4.78, 5) is 25.5. The molecule has 130 valence electrons. The quantitative estimate of drug-likeness (QED) is 0.864. The summed E-state index contributed by atoms with van der Waals surface area (Å²) in [6.45, 7) is 1.79. The first-order valence-electron chi connectivity index (χ1n) is 8.21. The van der Waals surface area contributed by atoms with Crippen LogP contribution >= 0.6 is 0 Å². The molecule has 25 heavy (non-hydrogen) atoms. The van der Waals surface area contributed by atoms with Crippen molar-refractivity contribution >= 4 is 23.3 Å². The number of hydrogen-bond donors (Lipinski definition) is 2. The molecule has 1 fully saturated rings. The second-order valence-electron chi connectivity index (χ2n) is 6.18. The van der Waals surface area contributed by atoms with Crippen LogP contribution in [0.15, 0.2) is 48.5 Å². The third kappa shape index (κ3) is 4.79. The molecule has 1 aliphatic carbocycles. The number of carbonyl (C=O) groups is 2. The molecule has 0 unspecified atom stereocenters. The summed E-state index contributed by atoms with van der Waals surface area (Å²) in [6, 6.07) is 13.2. The highest BCUT2D eigenvalue weighted by Gasteiger charge is 2.32.